The normalized spacial score (nSPS) is 11.8. The number of aliphatic carboxylic acids is 1. The predicted octanol–water partition coefficient (Wildman–Crippen LogP) is 4.31. The second-order valence-electron chi connectivity index (χ2n) is 6.82. The maximum Gasteiger partial charge on any atom is 0.319 e. The number of hydrogen-bond donors (Lipinski definition) is 1. The van der Waals surface area contributed by atoms with Crippen LogP contribution in [0.25, 0.3) is 10.8 Å². The summed E-state index contributed by atoms with van der Waals surface area (Å²) < 4.78 is 1.02. The van der Waals surface area contributed by atoms with Gasteiger partial charge in [-0.05, 0) is 49.1 Å². The van der Waals surface area contributed by atoms with Gasteiger partial charge in [-0.15, -0.1) is 10.2 Å². The van der Waals surface area contributed by atoms with Crippen LogP contribution in [0.3, 0.4) is 0 Å². The monoisotopic (exact) mass is 369 g/mol. The fourth-order valence-electron chi connectivity index (χ4n) is 2.93. The quantitative estimate of drug-likeness (QED) is 0.656. The predicted molar refractivity (Wildman–Crippen MR) is 105 cm³/mol. The fraction of sp³-hybridized carbons (Fsp3) is 0.350. The summed E-state index contributed by atoms with van der Waals surface area (Å²) >= 11 is 1.22. The first-order chi connectivity index (χ1) is 12.3. The first-order valence-corrected chi connectivity index (χ1v) is 9.47. The number of rotatable bonds is 6. The van der Waals surface area contributed by atoms with E-state index in [4.69, 9.17) is 0 Å². The summed E-state index contributed by atoms with van der Waals surface area (Å²) in [6, 6.07) is 12.7. The van der Waals surface area contributed by atoms with Gasteiger partial charge < -0.3 is 9.67 Å². The summed E-state index contributed by atoms with van der Waals surface area (Å²) in [6.07, 6.45) is 0.986. The molecular formula is C20H23N3O2S. The zero-order valence-corrected chi connectivity index (χ0v) is 16.3. The van der Waals surface area contributed by atoms with Crippen molar-refractivity contribution in [3.63, 3.8) is 0 Å². The van der Waals surface area contributed by atoms with E-state index >= 15 is 0 Å². The van der Waals surface area contributed by atoms with Gasteiger partial charge in [0.05, 0.1) is 6.54 Å². The number of carbonyl (C=O) groups is 1. The summed E-state index contributed by atoms with van der Waals surface area (Å²) in [4.78, 5) is 11.5. The average Bonchev–Trinajstić information content (AvgIpc) is 2.94. The minimum Gasteiger partial charge on any atom is -0.480 e. The third-order valence-electron chi connectivity index (χ3n) is 4.58. The Morgan fingerprint density at radius 3 is 2.35 bits per heavy atom. The van der Waals surface area contributed by atoms with E-state index in [2.05, 4.69) is 47.5 Å². The number of carboxylic acids is 1. The molecule has 0 aliphatic rings. The number of aryl methyl sites for hydroxylation is 2. The SMILES string of the molecule is CCc1ccc(Cn2c(C)nnc2SC(C)(C)C(=O)O)c2ccccc12. The van der Waals surface area contributed by atoms with E-state index in [1.807, 2.05) is 17.6 Å². The molecule has 1 N–H and O–H groups in total. The second kappa shape index (κ2) is 7.11. The zero-order valence-electron chi connectivity index (χ0n) is 15.5. The minimum atomic E-state index is -0.967. The lowest BCUT2D eigenvalue weighted by Gasteiger charge is -2.19. The van der Waals surface area contributed by atoms with Crippen molar-refractivity contribution in [2.45, 2.75) is 50.6 Å². The lowest BCUT2D eigenvalue weighted by Crippen LogP contribution is -2.27. The van der Waals surface area contributed by atoms with E-state index < -0.39 is 10.7 Å². The molecule has 0 unspecified atom stereocenters. The Balaban J connectivity index is 2.02. The third-order valence-corrected chi connectivity index (χ3v) is 5.75. The van der Waals surface area contributed by atoms with Crippen LogP contribution in [0.5, 0.6) is 0 Å². The van der Waals surface area contributed by atoms with Crippen LogP contribution < -0.4 is 0 Å². The highest BCUT2D eigenvalue weighted by atomic mass is 32.2. The van der Waals surface area contributed by atoms with Gasteiger partial charge in [-0.2, -0.15) is 0 Å². The highest BCUT2D eigenvalue weighted by Crippen LogP contribution is 2.33. The van der Waals surface area contributed by atoms with Crippen molar-refractivity contribution in [1.82, 2.24) is 14.8 Å². The zero-order chi connectivity index (χ0) is 18.9. The Hall–Kier alpha value is -2.34. The number of benzene rings is 2. The molecule has 26 heavy (non-hydrogen) atoms. The molecule has 5 nitrogen and oxygen atoms in total. The van der Waals surface area contributed by atoms with Gasteiger partial charge in [0.2, 0.25) is 0 Å². The van der Waals surface area contributed by atoms with Crippen molar-refractivity contribution in [2.75, 3.05) is 0 Å². The van der Waals surface area contributed by atoms with E-state index in [0.717, 1.165) is 12.2 Å². The van der Waals surface area contributed by atoms with Gasteiger partial charge in [-0.3, -0.25) is 4.79 Å². The van der Waals surface area contributed by atoms with E-state index in [0.29, 0.717) is 11.7 Å². The highest BCUT2D eigenvalue weighted by Gasteiger charge is 2.31. The molecule has 0 saturated carbocycles. The van der Waals surface area contributed by atoms with E-state index in [1.54, 1.807) is 13.8 Å². The van der Waals surface area contributed by atoms with Gasteiger partial charge in [0.25, 0.3) is 0 Å². The first-order valence-electron chi connectivity index (χ1n) is 8.65. The van der Waals surface area contributed by atoms with Crippen LogP contribution >= 0.6 is 11.8 Å². The maximum atomic E-state index is 11.5. The number of carboxylic acid groups (broad SMARTS) is 1. The second-order valence-corrected chi connectivity index (χ2v) is 8.41. The van der Waals surface area contributed by atoms with Crippen LogP contribution in [-0.2, 0) is 17.8 Å². The summed E-state index contributed by atoms with van der Waals surface area (Å²) in [7, 11) is 0. The van der Waals surface area contributed by atoms with Gasteiger partial charge in [0, 0.05) is 0 Å². The van der Waals surface area contributed by atoms with Crippen LogP contribution in [0.4, 0.5) is 0 Å². The summed E-state index contributed by atoms with van der Waals surface area (Å²) in [5.41, 5.74) is 2.50. The molecule has 0 spiro atoms. The smallest absolute Gasteiger partial charge is 0.319 e. The van der Waals surface area contributed by atoms with Crippen molar-refractivity contribution in [1.29, 1.82) is 0 Å². The van der Waals surface area contributed by atoms with Crippen molar-refractivity contribution >= 4 is 28.5 Å². The Bertz CT molecular complexity index is 963. The van der Waals surface area contributed by atoms with Crippen molar-refractivity contribution in [3.8, 4) is 0 Å². The fourth-order valence-corrected chi connectivity index (χ4v) is 3.86. The number of nitrogens with zero attached hydrogens (tertiary/aromatic N) is 3. The lowest BCUT2D eigenvalue weighted by molar-refractivity contribution is -0.138. The first kappa shape index (κ1) is 18.5. The van der Waals surface area contributed by atoms with Crippen LogP contribution in [0, 0.1) is 6.92 Å². The highest BCUT2D eigenvalue weighted by molar-refractivity contribution is 8.01. The molecule has 3 rings (SSSR count). The van der Waals surface area contributed by atoms with Crippen molar-refractivity contribution in [2.24, 2.45) is 0 Å². The molecule has 6 heteroatoms. The molecule has 0 aliphatic heterocycles. The lowest BCUT2D eigenvalue weighted by atomic mass is 9.98. The molecule has 2 aromatic carbocycles. The molecule has 0 fully saturated rings. The van der Waals surface area contributed by atoms with Gasteiger partial charge in [0.15, 0.2) is 5.16 Å². The molecule has 0 amide bonds. The van der Waals surface area contributed by atoms with Crippen molar-refractivity contribution < 1.29 is 9.90 Å². The summed E-state index contributed by atoms with van der Waals surface area (Å²) in [5, 5.41) is 20.9. The largest absolute Gasteiger partial charge is 0.480 e. The molecule has 1 aromatic heterocycles. The molecule has 0 saturated heterocycles. The van der Waals surface area contributed by atoms with Gasteiger partial charge in [0.1, 0.15) is 10.6 Å². The molecule has 3 aromatic rings. The maximum absolute atomic E-state index is 11.5. The average molecular weight is 369 g/mol. The molecule has 0 radical (unpaired) electrons. The molecule has 1 heterocycles. The molecule has 0 atom stereocenters. The Kier molecular flexibility index (Phi) is 5.05. The number of fused-ring (bicyclic) bond motifs is 1. The van der Waals surface area contributed by atoms with Gasteiger partial charge in [-0.25, -0.2) is 0 Å². The topological polar surface area (TPSA) is 68.0 Å². The molecular weight excluding hydrogens is 346 g/mol. The van der Waals surface area contributed by atoms with E-state index in [-0.39, 0.29) is 0 Å². The number of aromatic nitrogens is 3. The summed E-state index contributed by atoms with van der Waals surface area (Å²) in [5.74, 6) is -0.0928. The number of hydrogen-bond acceptors (Lipinski definition) is 4. The molecule has 0 aliphatic carbocycles. The van der Waals surface area contributed by atoms with Gasteiger partial charge in [-0.1, -0.05) is 55.1 Å². The molecule has 136 valence electrons. The van der Waals surface area contributed by atoms with Crippen LogP contribution in [0.15, 0.2) is 41.6 Å². The summed E-state index contributed by atoms with van der Waals surface area (Å²) in [6.45, 7) is 8.03. The Morgan fingerprint density at radius 2 is 1.73 bits per heavy atom. The van der Waals surface area contributed by atoms with E-state index in [9.17, 15) is 9.90 Å². The Morgan fingerprint density at radius 1 is 1.12 bits per heavy atom. The minimum absolute atomic E-state index is 0.612. The third kappa shape index (κ3) is 3.46. The standard InChI is InChI=1S/C20H23N3O2S/c1-5-14-10-11-15(17-9-7-6-8-16(14)17)12-23-13(2)21-22-19(23)26-20(3,4)18(24)25/h6-11H,5,12H2,1-4H3,(H,24,25). The number of thioether (sulfide) groups is 1. The van der Waals surface area contributed by atoms with Crippen LogP contribution in [-0.4, -0.2) is 30.6 Å². The van der Waals surface area contributed by atoms with Crippen LogP contribution in [0.2, 0.25) is 0 Å². The van der Waals surface area contributed by atoms with Crippen molar-refractivity contribution in [3.05, 3.63) is 53.3 Å². The van der Waals surface area contributed by atoms with Gasteiger partial charge >= 0.3 is 5.97 Å². The molecule has 0 bridgehead atoms. The van der Waals surface area contributed by atoms with E-state index in [1.165, 1.54) is 33.7 Å². The Labute approximate surface area is 157 Å². The van der Waals surface area contributed by atoms with Crippen LogP contribution in [0.1, 0.15) is 37.7 Å².